The highest BCUT2D eigenvalue weighted by Gasteiger charge is 2.32. The number of ether oxygens (including phenoxy) is 1. The summed E-state index contributed by atoms with van der Waals surface area (Å²) in [5.74, 6) is 1.17. The van der Waals surface area contributed by atoms with Crippen LogP contribution in [0.3, 0.4) is 0 Å². The Hall–Kier alpha value is -1.66. The number of carbonyl (C=O) groups is 1. The maximum Gasteiger partial charge on any atom is 0.231 e. The van der Waals surface area contributed by atoms with E-state index in [0.717, 1.165) is 60.0 Å². The van der Waals surface area contributed by atoms with Crippen LogP contribution in [0.4, 0.5) is 5.13 Å². The fourth-order valence-electron chi connectivity index (χ4n) is 3.34. The topological polar surface area (TPSA) is 45.7 Å². The Morgan fingerprint density at radius 3 is 2.58 bits per heavy atom. The van der Waals surface area contributed by atoms with Crippen LogP contribution >= 0.6 is 11.3 Å². The van der Waals surface area contributed by atoms with Crippen molar-refractivity contribution in [3.05, 3.63) is 17.7 Å². The number of hydrogen-bond acceptors (Lipinski definition) is 5. The van der Waals surface area contributed by atoms with Gasteiger partial charge < -0.3 is 9.64 Å². The number of rotatable bonds is 8. The van der Waals surface area contributed by atoms with Crippen LogP contribution in [0, 0.1) is 12.8 Å². The van der Waals surface area contributed by atoms with E-state index in [0.29, 0.717) is 6.54 Å². The largest absolute Gasteiger partial charge is 0.494 e. The minimum absolute atomic E-state index is 0.168. The van der Waals surface area contributed by atoms with Gasteiger partial charge in [0.15, 0.2) is 5.13 Å². The van der Waals surface area contributed by atoms with Crippen LogP contribution in [0.15, 0.2) is 12.1 Å². The zero-order valence-electron chi connectivity index (χ0n) is 16.2. The third-order valence-electron chi connectivity index (χ3n) is 5.40. The Labute approximate surface area is 160 Å². The van der Waals surface area contributed by atoms with Crippen molar-refractivity contribution in [1.82, 2.24) is 9.88 Å². The van der Waals surface area contributed by atoms with Gasteiger partial charge in [-0.3, -0.25) is 9.69 Å². The lowest BCUT2D eigenvalue weighted by atomic mass is 9.84. The van der Waals surface area contributed by atoms with E-state index in [-0.39, 0.29) is 11.8 Å². The van der Waals surface area contributed by atoms with Gasteiger partial charge in [0.05, 0.1) is 11.8 Å². The summed E-state index contributed by atoms with van der Waals surface area (Å²) < 4.78 is 6.59. The van der Waals surface area contributed by atoms with Crippen molar-refractivity contribution in [3.63, 3.8) is 0 Å². The Kier molecular flexibility index (Phi) is 6.14. The number of fused-ring (bicyclic) bond motifs is 1. The number of thiazole rings is 1. The number of hydrogen-bond donors (Lipinski definition) is 0. The Balaban J connectivity index is 1.93. The molecule has 0 bridgehead atoms. The molecule has 142 valence electrons. The third kappa shape index (κ3) is 3.71. The summed E-state index contributed by atoms with van der Waals surface area (Å²) in [4.78, 5) is 22.2. The van der Waals surface area contributed by atoms with Gasteiger partial charge in [0, 0.05) is 19.0 Å². The molecule has 0 N–H and O–H groups in total. The zero-order chi connectivity index (χ0) is 18.7. The first-order valence-corrected chi connectivity index (χ1v) is 10.4. The van der Waals surface area contributed by atoms with E-state index in [1.165, 1.54) is 5.56 Å². The SMILES string of the molecule is CCN(CC)CCN(C(=O)C1CCC1)c1nc2c(OC)ccc(C)c2s1. The maximum absolute atomic E-state index is 13.1. The number of benzene rings is 1. The summed E-state index contributed by atoms with van der Waals surface area (Å²) >= 11 is 1.60. The Bertz CT molecular complexity index is 766. The number of carbonyl (C=O) groups excluding carboxylic acids is 1. The van der Waals surface area contributed by atoms with Gasteiger partial charge in [0.25, 0.3) is 0 Å². The summed E-state index contributed by atoms with van der Waals surface area (Å²) in [6.07, 6.45) is 3.18. The van der Waals surface area contributed by atoms with Crippen molar-refractivity contribution < 1.29 is 9.53 Å². The number of nitrogens with zero attached hydrogens (tertiary/aromatic N) is 3. The summed E-state index contributed by atoms with van der Waals surface area (Å²) in [5, 5.41) is 0.802. The molecular formula is C20H29N3O2S. The van der Waals surface area contributed by atoms with E-state index in [1.54, 1.807) is 18.4 Å². The first-order chi connectivity index (χ1) is 12.6. The highest BCUT2D eigenvalue weighted by atomic mass is 32.1. The highest BCUT2D eigenvalue weighted by molar-refractivity contribution is 7.22. The van der Waals surface area contributed by atoms with Crippen molar-refractivity contribution >= 4 is 32.6 Å². The zero-order valence-corrected chi connectivity index (χ0v) is 17.1. The molecule has 0 unspecified atom stereocenters. The lowest BCUT2D eigenvalue weighted by molar-refractivity contribution is -0.124. The van der Waals surface area contributed by atoms with Gasteiger partial charge in [-0.15, -0.1) is 0 Å². The van der Waals surface area contributed by atoms with Crippen LogP contribution in [0.25, 0.3) is 10.2 Å². The number of likely N-dealkylation sites (N-methyl/N-ethyl adjacent to an activating group) is 1. The molecule has 5 nitrogen and oxygen atoms in total. The van der Waals surface area contributed by atoms with Gasteiger partial charge in [0.2, 0.25) is 5.91 Å². The number of methoxy groups -OCH3 is 1. The molecule has 1 amide bonds. The Morgan fingerprint density at radius 2 is 2.00 bits per heavy atom. The molecule has 0 aliphatic heterocycles. The van der Waals surface area contributed by atoms with E-state index in [9.17, 15) is 4.79 Å². The molecule has 1 heterocycles. The maximum atomic E-state index is 13.1. The van der Waals surface area contributed by atoms with Crippen molar-refractivity contribution in [1.29, 1.82) is 0 Å². The summed E-state index contributed by atoms with van der Waals surface area (Å²) in [5.41, 5.74) is 2.03. The lowest BCUT2D eigenvalue weighted by Gasteiger charge is -2.31. The van der Waals surface area contributed by atoms with Crippen LogP contribution in [0.1, 0.15) is 38.7 Å². The molecule has 1 aliphatic rings. The fourth-order valence-corrected chi connectivity index (χ4v) is 4.42. The van der Waals surface area contributed by atoms with Gasteiger partial charge in [-0.1, -0.05) is 37.7 Å². The van der Waals surface area contributed by atoms with Crippen molar-refractivity contribution in [3.8, 4) is 5.75 Å². The molecule has 0 saturated heterocycles. The number of aromatic nitrogens is 1. The molecule has 1 saturated carbocycles. The van der Waals surface area contributed by atoms with E-state index in [2.05, 4.69) is 31.7 Å². The molecule has 1 aromatic heterocycles. The molecule has 26 heavy (non-hydrogen) atoms. The van der Waals surface area contributed by atoms with Crippen molar-refractivity contribution in [2.45, 2.75) is 40.0 Å². The molecular weight excluding hydrogens is 346 g/mol. The van der Waals surface area contributed by atoms with Gasteiger partial charge in [-0.05, 0) is 44.5 Å². The number of anilines is 1. The van der Waals surface area contributed by atoms with Gasteiger partial charge in [0.1, 0.15) is 11.3 Å². The normalized spacial score (nSPS) is 14.7. The quantitative estimate of drug-likeness (QED) is 0.697. The first kappa shape index (κ1) is 19.1. The molecule has 1 fully saturated rings. The fraction of sp³-hybridized carbons (Fsp3) is 0.600. The standard InChI is InChI=1S/C20H29N3O2S/c1-5-22(6-2)12-13-23(19(24)15-8-7-9-15)20-21-17-16(25-4)11-10-14(3)18(17)26-20/h10-11,15H,5-9,12-13H2,1-4H3. The van der Waals surface area contributed by atoms with Crippen molar-refractivity contribution in [2.24, 2.45) is 5.92 Å². The van der Waals surface area contributed by atoms with Gasteiger partial charge >= 0.3 is 0 Å². The minimum Gasteiger partial charge on any atom is -0.494 e. The van der Waals surface area contributed by atoms with E-state index < -0.39 is 0 Å². The predicted molar refractivity (Wildman–Crippen MR) is 108 cm³/mol. The predicted octanol–water partition coefficient (Wildman–Crippen LogP) is 4.09. The molecule has 2 aromatic rings. The van der Waals surface area contributed by atoms with E-state index in [4.69, 9.17) is 9.72 Å². The van der Waals surface area contributed by atoms with Gasteiger partial charge in [-0.25, -0.2) is 4.98 Å². The van der Waals surface area contributed by atoms with Gasteiger partial charge in [-0.2, -0.15) is 0 Å². The monoisotopic (exact) mass is 375 g/mol. The smallest absolute Gasteiger partial charge is 0.231 e. The molecule has 3 rings (SSSR count). The average Bonchev–Trinajstić information content (AvgIpc) is 3.03. The molecule has 0 radical (unpaired) electrons. The highest BCUT2D eigenvalue weighted by Crippen LogP contribution is 2.38. The summed E-state index contributed by atoms with van der Waals surface area (Å²) in [7, 11) is 1.67. The second kappa shape index (κ2) is 8.35. The first-order valence-electron chi connectivity index (χ1n) is 9.56. The van der Waals surface area contributed by atoms with E-state index >= 15 is 0 Å². The molecule has 6 heteroatoms. The molecule has 1 aromatic carbocycles. The average molecular weight is 376 g/mol. The number of amides is 1. The summed E-state index contributed by atoms with van der Waals surface area (Å²) in [6.45, 7) is 9.96. The Morgan fingerprint density at radius 1 is 1.27 bits per heavy atom. The van der Waals surface area contributed by atoms with Crippen LogP contribution in [0.5, 0.6) is 5.75 Å². The summed E-state index contributed by atoms with van der Waals surface area (Å²) in [6, 6.07) is 4.01. The lowest BCUT2D eigenvalue weighted by Crippen LogP contribution is -2.43. The molecule has 0 atom stereocenters. The van der Waals surface area contributed by atoms with E-state index in [1.807, 2.05) is 11.0 Å². The van der Waals surface area contributed by atoms with Crippen LogP contribution in [-0.4, -0.2) is 49.1 Å². The molecule has 1 aliphatic carbocycles. The van der Waals surface area contributed by atoms with Crippen molar-refractivity contribution in [2.75, 3.05) is 38.2 Å². The molecule has 0 spiro atoms. The third-order valence-corrected chi connectivity index (χ3v) is 6.61. The second-order valence-electron chi connectivity index (χ2n) is 6.90. The van der Waals surface area contributed by atoms with Crippen LogP contribution in [0.2, 0.25) is 0 Å². The van der Waals surface area contributed by atoms with Crippen LogP contribution in [-0.2, 0) is 4.79 Å². The minimum atomic E-state index is 0.168. The van der Waals surface area contributed by atoms with Crippen LogP contribution < -0.4 is 9.64 Å². The number of aryl methyl sites for hydroxylation is 1. The second-order valence-corrected chi connectivity index (χ2v) is 7.88.